The molecule has 1 atom stereocenters. The van der Waals surface area contributed by atoms with Crippen LogP contribution in [0.4, 0.5) is 0 Å². The van der Waals surface area contributed by atoms with E-state index in [1.54, 1.807) is 12.4 Å². The van der Waals surface area contributed by atoms with Crippen LogP contribution in [-0.2, 0) is 6.54 Å². The van der Waals surface area contributed by atoms with Crippen LogP contribution in [0, 0.1) is 0 Å². The van der Waals surface area contributed by atoms with Gasteiger partial charge in [-0.25, -0.2) is 4.98 Å². The van der Waals surface area contributed by atoms with Crippen molar-refractivity contribution >= 4 is 17.5 Å². The van der Waals surface area contributed by atoms with E-state index in [1.807, 2.05) is 28.6 Å². The van der Waals surface area contributed by atoms with Gasteiger partial charge in [-0.2, -0.15) is 4.98 Å². The van der Waals surface area contributed by atoms with Crippen molar-refractivity contribution in [1.82, 2.24) is 29.9 Å². The third-order valence-corrected chi connectivity index (χ3v) is 5.19. The second-order valence-electron chi connectivity index (χ2n) is 6.33. The first-order valence-electron chi connectivity index (χ1n) is 8.33. The van der Waals surface area contributed by atoms with E-state index in [0.29, 0.717) is 41.1 Å². The Hall–Kier alpha value is -2.71. The number of hydrogen-bond acceptors (Lipinski definition) is 6. The highest BCUT2D eigenvalue weighted by molar-refractivity contribution is 6.34. The van der Waals surface area contributed by atoms with Crippen molar-refractivity contribution in [3.05, 3.63) is 46.7 Å². The summed E-state index contributed by atoms with van der Waals surface area (Å²) in [5, 5.41) is 7.48. The Balaban J connectivity index is 1.72. The molecule has 0 radical (unpaired) electrons. The molecule has 2 aromatic heterocycles. The summed E-state index contributed by atoms with van der Waals surface area (Å²) >= 11 is 6.35. The molecule has 1 fully saturated rings. The van der Waals surface area contributed by atoms with E-state index in [9.17, 15) is 4.79 Å². The van der Waals surface area contributed by atoms with Crippen LogP contribution in [0.15, 0.2) is 29.0 Å². The zero-order chi connectivity index (χ0) is 17.8. The minimum absolute atomic E-state index is 0.0551. The summed E-state index contributed by atoms with van der Waals surface area (Å²) in [5.41, 5.74) is 2.75. The number of rotatable bonds is 3. The van der Waals surface area contributed by atoms with Gasteiger partial charge in [0.15, 0.2) is 0 Å². The number of nitrogens with one attached hydrogen (secondary N) is 1. The third-order valence-electron chi connectivity index (χ3n) is 4.87. The van der Waals surface area contributed by atoms with Gasteiger partial charge in [0.2, 0.25) is 11.7 Å². The second-order valence-corrected chi connectivity index (χ2v) is 6.73. The average molecular weight is 371 g/mol. The molecule has 132 valence electrons. The van der Waals surface area contributed by atoms with Crippen LogP contribution in [0.1, 0.15) is 34.4 Å². The summed E-state index contributed by atoms with van der Waals surface area (Å²) < 4.78 is 7.19. The van der Waals surface area contributed by atoms with Crippen molar-refractivity contribution in [2.75, 3.05) is 13.6 Å². The van der Waals surface area contributed by atoms with Crippen LogP contribution in [0.2, 0.25) is 5.02 Å². The van der Waals surface area contributed by atoms with Crippen LogP contribution in [0.25, 0.3) is 17.2 Å². The lowest BCUT2D eigenvalue weighted by atomic mass is 9.97. The molecule has 8 nitrogen and oxygen atoms in total. The molecule has 4 heterocycles. The van der Waals surface area contributed by atoms with Crippen LogP contribution in [-0.4, -0.2) is 44.1 Å². The van der Waals surface area contributed by atoms with Gasteiger partial charge in [-0.1, -0.05) is 22.8 Å². The van der Waals surface area contributed by atoms with E-state index in [1.165, 1.54) is 0 Å². The molecular weight excluding hydrogens is 356 g/mol. The summed E-state index contributed by atoms with van der Waals surface area (Å²) in [6, 6.07) is 5.37. The quantitative estimate of drug-likeness (QED) is 0.760. The van der Waals surface area contributed by atoms with Gasteiger partial charge in [-0.15, -0.1) is 0 Å². The maximum atomic E-state index is 13.0. The SMILES string of the molecule is CNCc1nc(-c2ncn3c2[C@@H]2CCN2C(=O)c2c(Cl)cccc2-3)no1. The first-order chi connectivity index (χ1) is 12.7. The molecule has 2 aliphatic rings. The van der Waals surface area contributed by atoms with Gasteiger partial charge < -0.3 is 14.7 Å². The fourth-order valence-corrected chi connectivity index (χ4v) is 3.85. The highest BCUT2D eigenvalue weighted by Crippen LogP contribution is 2.44. The van der Waals surface area contributed by atoms with Crippen LogP contribution < -0.4 is 5.32 Å². The van der Waals surface area contributed by atoms with E-state index in [2.05, 4.69) is 20.4 Å². The third kappa shape index (κ3) is 2.06. The topological polar surface area (TPSA) is 89.1 Å². The average Bonchev–Trinajstić information content (AvgIpc) is 3.19. The smallest absolute Gasteiger partial charge is 0.258 e. The molecule has 1 N–H and O–H groups in total. The van der Waals surface area contributed by atoms with Crippen molar-refractivity contribution in [3.63, 3.8) is 0 Å². The Labute approximate surface area is 153 Å². The van der Waals surface area contributed by atoms with E-state index < -0.39 is 0 Å². The van der Waals surface area contributed by atoms with Gasteiger partial charge in [0.05, 0.1) is 34.6 Å². The highest BCUT2D eigenvalue weighted by atomic mass is 35.5. The summed E-state index contributed by atoms with van der Waals surface area (Å²) in [6.07, 6.45) is 2.56. The maximum Gasteiger partial charge on any atom is 0.258 e. The Morgan fingerprint density at radius 3 is 3.08 bits per heavy atom. The lowest BCUT2D eigenvalue weighted by molar-refractivity contribution is 0.0462. The number of aromatic nitrogens is 4. The maximum absolute atomic E-state index is 13.0. The van der Waals surface area contributed by atoms with Crippen molar-refractivity contribution in [1.29, 1.82) is 0 Å². The number of hydrogen-bond donors (Lipinski definition) is 1. The number of fused-ring (bicyclic) bond motifs is 5. The molecule has 1 amide bonds. The summed E-state index contributed by atoms with van der Waals surface area (Å²) in [7, 11) is 1.81. The van der Waals surface area contributed by atoms with Crippen molar-refractivity contribution < 1.29 is 9.32 Å². The predicted octanol–water partition coefficient (Wildman–Crippen LogP) is 2.20. The molecular formula is C17H15ClN6O2. The van der Waals surface area contributed by atoms with Gasteiger partial charge >= 0.3 is 0 Å². The molecule has 0 bridgehead atoms. The molecule has 9 heteroatoms. The monoisotopic (exact) mass is 370 g/mol. The summed E-state index contributed by atoms with van der Waals surface area (Å²) in [4.78, 5) is 23.7. The normalized spacial score (nSPS) is 18.0. The number of benzene rings is 1. The Morgan fingerprint density at radius 1 is 1.42 bits per heavy atom. The molecule has 3 aromatic rings. The molecule has 2 aliphatic heterocycles. The van der Waals surface area contributed by atoms with Crippen LogP contribution in [0.3, 0.4) is 0 Å². The predicted molar refractivity (Wildman–Crippen MR) is 93.0 cm³/mol. The Bertz CT molecular complexity index is 1030. The zero-order valence-electron chi connectivity index (χ0n) is 13.9. The number of carbonyl (C=O) groups excluding carboxylic acids is 1. The number of halogens is 1. The van der Waals surface area contributed by atoms with Crippen LogP contribution >= 0.6 is 11.6 Å². The molecule has 1 aromatic carbocycles. The fourth-order valence-electron chi connectivity index (χ4n) is 3.60. The molecule has 0 spiro atoms. The van der Waals surface area contributed by atoms with Crippen molar-refractivity contribution in [2.45, 2.75) is 19.0 Å². The molecule has 1 saturated heterocycles. The lowest BCUT2D eigenvalue weighted by Crippen LogP contribution is -2.44. The molecule has 26 heavy (non-hydrogen) atoms. The minimum Gasteiger partial charge on any atom is -0.337 e. The molecule has 0 unspecified atom stereocenters. The number of carbonyl (C=O) groups is 1. The number of nitrogens with zero attached hydrogens (tertiary/aromatic N) is 5. The number of imidazole rings is 1. The molecule has 0 saturated carbocycles. The first-order valence-corrected chi connectivity index (χ1v) is 8.71. The van der Waals surface area contributed by atoms with Crippen molar-refractivity contribution in [3.8, 4) is 17.2 Å². The molecule has 5 rings (SSSR count). The lowest BCUT2D eigenvalue weighted by Gasteiger charge is -2.39. The largest absolute Gasteiger partial charge is 0.337 e. The zero-order valence-corrected chi connectivity index (χ0v) is 14.7. The summed E-state index contributed by atoms with van der Waals surface area (Å²) in [6.45, 7) is 1.17. The van der Waals surface area contributed by atoms with Gasteiger partial charge in [-0.05, 0) is 25.6 Å². The minimum atomic E-state index is -0.0743. The van der Waals surface area contributed by atoms with Gasteiger partial charge in [-0.3, -0.25) is 9.36 Å². The van der Waals surface area contributed by atoms with E-state index in [-0.39, 0.29) is 11.9 Å². The fraction of sp³-hybridized carbons (Fsp3) is 0.294. The van der Waals surface area contributed by atoms with E-state index >= 15 is 0 Å². The standard InChI is InChI=1S/C17H15ClN6O2/c1-19-7-12-21-16(22-26-12)14-15-11-5-6-23(11)17(25)13-9(18)3-2-4-10(13)24(15)8-20-14/h2-4,8,11,19H,5-7H2,1H3/t11-/m0/s1. The van der Waals surface area contributed by atoms with E-state index in [0.717, 1.165) is 17.8 Å². The van der Waals surface area contributed by atoms with E-state index in [4.69, 9.17) is 16.1 Å². The number of amides is 1. The van der Waals surface area contributed by atoms with Gasteiger partial charge in [0.1, 0.15) is 12.0 Å². The van der Waals surface area contributed by atoms with Crippen molar-refractivity contribution in [2.24, 2.45) is 0 Å². The first kappa shape index (κ1) is 15.5. The van der Waals surface area contributed by atoms with Gasteiger partial charge in [0.25, 0.3) is 5.91 Å². The van der Waals surface area contributed by atoms with Gasteiger partial charge in [0, 0.05) is 6.54 Å². The Morgan fingerprint density at radius 2 is 2.31 bits per heavy atom. The summed E-state index contributed by atoms with van der Waals surface area (Å²) in [5.74, 6) is 0.858. The highest BCUT2D eigenvalue weighted by Gasteiger charge is 2.43. The Kier molecular flexibility index (Phi) is 3.38. The second kappa shape index (κ2) is 5.65. The van der Waals surface area contributed by atoms with Crippen LogP contribution in [0.5, 0.6) is 0 Å². The molecule has 0 aliphatic carbocycles.